The molecule has 10 heavy (non-hydrogen) atoms. The quantitative estimate of drug-likeness (QED) is 0.510. The number of hydrogen-bond acceptors (Lipinski definition) is 3. The first-order valence-corrected chi connectivity index (χ1v) is 3.41. The highest BCUT2D eigenvalue weighted by Gasteiger charge is 2.21. The molecule has 0 bridgehead atoms. The molecule has 0 unspecified atom stereocenters. The van der Waals surface area contributed by atoms with Gasteiger partial charge in [-0.05, 0) is 19.4 Å². The molecule has 1 rings (SSSR count). The summed E-state index contributed by atoms with van der Waals surface area (Å²) < 4.78 is 0. The second-order valence-electron chi connectivity index (χ2n) is 2.32. The molecule has 0 aromatic rings. The molecule has 1 fully saturated rings. The van der Waals surface area contributed by atoms with Crippen LogP contribution < -0.4 is 10.8 Å². The van der Waals surface area contributed by atoms with Crippen molar-refractivity contribution in [3.63, 3.8) is 0 Å². The summed E-state index contributed by atoms with van der Waals surface area (Å²) in [6.07, 6.45) is 1.98. The Labute approximate surface area is 59.9 Å². The van der Waals surface area contributed by atoms with Gasteiger partial charge < -0.3 is 5.32 Å². The van der Waals surface area contributed by atoms with E-state index in [4.69, 9.17) is 0 Å². The molecule has 0 aromatic heterocycles. The lowest BCUT2D eigenvalue weighted by Crippen LogP contribution is -2.39. The van der Waals surface area contributed by atoms with E-state index < -0.39 is 0 Å². The lowest BCUT2D eigenvalue weighted by atomic mass is 10.2. The normalized spacial score (nSPS) is 24.7. The summed E-state index contributed by atoms with van der Waals surface area (Å²) in [6.45, 7) is 0.932. The van der Waals surface area contributed by atoms with Crippen LogP contribution in [0, 0.1) is 0 Å². The Morgan fingerprint density at radius 1 is 1.80 bits per heavy atom. The van der Waals surface area contributed by atoms with Gasteiger partial charge in [0.2, 0.25) is 0 Å². The molecule has 1 saturated heterocycles. The van der Waals surface area contributed by atoms with Crippen molar-refractivity contribution in [3.8, 4) is 0 Å². The number of carbonyl (C=O) groups excluding carboxylic acids is 1. The van der Waals surface area contributed by atoms with Crippen molar-refractivity contribution in [1.29, 1.82) is 0 Å². The van der Waals surface area contributed by atoms with Crippen molar-refractivity contribution >= 4 is 5.91 Å². The molecule has 0 aliphatic carbocycles. The van der Waals surface area contributed by atoms with E-state index in [0.29, 0.717) is 0 Å². The van der Waals surface area contributed by atoms with Gasteiger partial charge in [0, 0.05) is 0 Å². The molecular formula is C6H12N2O2. The Kier molecular flexibility index (Phi) is 2.65. The van der Waals surface area contributed by atoms with Crippen LogP contribution in [-0.4, -0.2) is 25.6 Å². The third-order valence-corrected chi connectivity index (χ3v) is 1.58. The average molecular weight is 144 g/mol. The summed E-state index contributed by atoms with van der Waals surface area (Å²) in [5.74, 6) is -0.0694. The van der Waals surface area contributed by atoms with Crippen LogP contribution in [0.15, 0.2) is 0 Å². The second kappa shape index (κ2) is 3.53. The van der Waals surface area contributed by atoms with Crippen LogP contribution in [0.4, 0.5) is 0 Å². The minimum atomic E-state index is -0.0694. The van der Waals surface area contributed by atoms with Crippen molar-refractivity contribution in [2.24, 2.45) is 0 Å². The zero-order valence-electron chi connectivity index (χ0n) is 6.02. The highest BCUT2D eigenvalue weighted by atomic mass is 16.6. The van der Waals surface area contributed by atoms with Gasteiger partial charge in [0.25, 0.3) is 5.91 Å². The van der Waals surface area contributed by atoms with E-state index in [-0.39, 0.29) is 11.9 Å². The maximum atomic E-state index is 10.9. The van der Waals surface area contributed by atoms with Gasteiger partial charge in [-0.25, -0.2) is 5.48 Å². The van der Waals surface area contributed by atoms with Gasteiger partial charge in [-0.3, -0.25) is 9.63 Å². The van der Waals surface area contributed by atoms with E-state index >= 15 is 0 Å². The van der Waals surface area contributed by atoms with E-state index in [0.717, 1.165) is 19.4 Å². The molecule has 1 aliphatic rings. The first kappa shape index (κ1) is 7.50. The molecule has 0 radical (unpaired) electrons. The summed E-state index contributed by atoms with van der Waals surface area (Å²) in [4.78, 5) is 15.4. The van der Waals surface area contributed by atoms with Gasteiger partial charge in [-0.15, -0.1) is 0 Å². The minimum absolute atomic E-state index is 0.0417. The number of hydrogen-bond donors (Lipinski definition) is 2. The van der Waals surface area contributed by atoms with E-state index in [1.165, 1.54) is 7.11 Å². The second-order valence-corrected chi connectivity index (χ2v) is 2.32. The van der Waals surface area contributed by atoms with Crippen LogP contribution >= 0.6 is 0 Å². The third kappa shape index (κ3) is 1.68. The molecule has 0 spiro atoms. The molecule has 1 aliphatic heterocycles. The van der Waals surface area contributed by atoms with Gasteiger partial charge >= 0.3 is 0 Å². The van der Waals surface area contributed by atoms with Crippen LogP contribution in [0.3, 0.4) is 0 Å². The predicted molar refractivity (Wildman–Crippen MR) is 36.2 cm³/mol. The summed E-state index contributed by atoms with van der Waals surface area (Å²) >= 11 is 0. The smallest absolute Gasteiger partial charge is 0.260 e. The Morgan fingerprint density at radius 2 is 2.60 bits per heavy atom. The van der Waals surface area contributed by atoms with Crippen LogP contribution in [0.1, 0.15) is 12.8 Å². The maximum Gasteiger partial charge on any atom is 0.260 e. The maximum absolute atomic E-state index is 10.9. The number of hydroxylamine groups is 1. The Hall–Kier alpha value is -0.610. The molecule has 58 valence electrons. The summed E-state index contributed by atoms with van der Waals surface area (Å²) in [7, 11) is 1.44. The first-order chi connectivity index (χ1) is 4.84. The Bertz CT molecular complexity index is 121. The minimum Gasteiger partial charge on any atom is -0.306 e. The molecular weight excluding hydrogens is 132 g/mol. The molecule has 1 heterocycles. The van der Waals surface area contributed by atoms with Crippen molar-refractivity contribution in [2.75, 3.05) is 13.7 Å². The van der Waals surface area contributed by atoms with Gasteiger partial charge in [0.05, 0.1) is 13.2 Å². The lowest BCUT2D eigenvalue weighted by molar-refractivity contribution is -0.133. The summed E-state index contributed by atoms with van der Waals surface area (Å²) in [5, 5.41) is 3.05. The third-order valence-electron chi connectivity index (χ3n) is 1.58. The fourth-order valence-electron chi connectivity index (χ4n) is 1.08. The SMILES string of the molecule is CONC(=O)[C@@H]1CCCN1. The highest BCUT2D eigenvalue weighted by Crippen LogP contribution is 2.03. The Morgan fingerprint density at radius 3 is 3.10 bits per heavy atom. The van der Waals surface area contributed by atoms with Gasteiger partial charge in [-0.2, -0.15) is 0 Å². The van der Waals surface area contributed by atoms with Crippen LogP contribution in [0.5, 0.6) is 0 Å². The Balaban J connectivity index is 2.25. The van der Waals surface area contributed by atoms with Crippen molar-refractivity contribution in [3.05, 3.63) is 0 Å². The molecule has 4 heteroatoms. The molecule has 0 saturated carbocycles. The average Bonchev–Trinajstić information content (AvgIpc) is 2.38. The van der Waals surface area contributed by atoms with Gasteiger partial charge in [0.1, 0.15) is 0 Å². The number of rotatable bonds is 2. The van der Waals surface area contributed by atoms with Crippen LogP contribution in [0.2, 0.25) is 0 Å². The number of carbonyl (C=O) groups is 1. The van der Waals surface area contributed by atoms with E-state index in [1.807, 2.05) is 0 Å². The molecule has 4 nitrogen and oxygen atoms in total. The standard InChI is InChI=1S/C6H12N2O2/c1-10-8-6(9)5-3-2-4-7-5/h5,7H,2-4H2,1H3,(H,8,9)/t5-/m0/s1. The first-order valence-electron chi connectivity index (χ1n) is 3.41. The monoisotopic (exact) mass is 144 g/mol. The van der Waals surface area contributed by atoms with Crippen molar-refractivity contribution in [1.82, 2.24) is 10.8 Å². The van der Waals surface area contributed by atoms with E-state index in [1.54, 1.807) is 0 Å². The molecule has 1 amide bonds. The molecule has 2 N–H and O–H groups in total. The topological polar surface area (TPSA) is 50.4 Å². The summed E-state index contributed by atoms with van der Waals surface area (Å²) in [6, 6.07) is -0.0417. The van der Waals surface area contributed by atoms with Gasteiger partial charge in [0.15, 0.2) is 0 Å². The van der Waals surface area contributed by atoms with Crippen LogP contribution in [0.25, 0.3) is 0 Å². The zero-order chi connectivity index (χ0) is 7.40. The lowest BCUT2D eigenvalue weighted by Gasteiger charge is -2.07. The number of nitrogens with one attached hydrogen (secondary N) is 2. The van der Waals surface area contributed by atoms with Gasteiger partial charge in [-0.1, -0.05) is 0 Å². The predicted octanol–water partition coefficient (Wildman–Crippen LogP) is -0.584. The fraction of sp³-hybridized carbons (Fsp3) is 0.833. The van der Waals surface area contributed by atoms with E-state index in [9.17, 15) is 4.79 Å². The largest absolute Gasteiger partial charge is 0.306 e. The summed E-state index contributed by atoms with van der Waals surface area (Å²) in [5.41, 5.74) is 2.29. The van der Waals surface area contributed by atoms with Crippen molar-refractivity contribution in [2.45, 2.75) is 18.9 Å². The molecule has 0 aromatic carbocycles. The van der Waals surface area contributed by atoms with E-state index in [2.05, 4.69) is 15.6 Å². The van der Waals surface area contributed by atoms with Crippen molar-refractivity contribution < 1.29 is 9.63 Å². The number of amides is 1. The fourth-order valence-corrected chi connectivity index (χ4v) is 1.08. The van der Waals surface area contributed by atoms with Crippen LogP contribution in [-0.2, 0) is 9.63 Å². The highest BCUT2D eigenvalue weighted by molar-refractivity contribution is 5.80. The molecule has 1 atom stereocenters. The zero-order valence-corrected chi connectivity index (χ0v) is 6.02.